The number of hydrogen-bond acceptors (Lipinski definition) is 4. The summed E-state index contributed by atoms with van der Waals surface area (Å²) in [4.78, 5) is 0.301. The molecule has 1 N–H and O–H groups in total. The van der Waals surface area contributed by atoms with Gasteiger partial charge in [0.25, 0.3) is 0 Å². The number of nitrogens with zero attached hydrogens (tertiary/aromatic N) is 1. The Balaban J connectivity index is 1.73. The van der Waals surface area contributed by atoms with Gasteiger partial charge in [0.2, 0.25) is 10.0 Å². The number of hydrogen-bond donors (Lipinski definition) is 1. The van der Waals surface area contributed by atoms with Gasteiger partial charge in [0.15, 0.2) is 0 Å². The molecule has 150 valence electrons. The third kappa shape index (κ3) is 3.99. The number of rotatable bonds is 6. The monoisotopic (exact) mass is 408 g/mol. The van der Waals surface area contributed by atoms with Gasteiger partial charge in [-0.15, -0.1) is 0 Å². The van der Waals surface area contributed by atoms with Gasteiger partial charge in [0.05, 0.1) is 12.3 Å². The van der Waals surface area contributed by atoms with Crippen LogP contribution in [0, 0.1) is 0 Å². The summed E-state index contributed by atoms with van der Waals surface area (Å²) < 4.78 is 34.1. The lowest BCUT2D eigenvalue weighted by atomic mass is 10.1. The largest absolute Gasteiger partial charge is 0.494 e. The molecule has 0 fully saturated rings. The Hall–Kier alpha value is -2.83. The fraction of sp³-hybridized carbons (Fsp3) is 0.217. The molecule has 1 aliphatic rings. The number of fused-ring (bicyclic) bond motifs is 1. The Kier molecular flexibility index (Phi) is 5.56. The third-order valence-corrected chi connectivity index (χ3v) is 6.77. The quantitative estimate of drug-likeness (QED) is 0.637. The first-order valence-corrected chi connectivity index (χ1v) is 11.2. The summed E-state index contributed by atoms with van der Waals surface area (Å²) in [5, 5.41) is 3.41. The minimum Gasteiger partial charge on any atom is -0.494 e. The number of para-hydroxylation sites is 1. The summed E-state index contributed by atoms with van der Waals surface area (Å²) >= 11 is 0. The van der Waals surface area contributed by atoms with E-state index in [1.165, 1.54) is 4.31 Å². The topological polar surface area (TPSA) is 58.6 Å². The first kappa shape index (κ1) is 19.5. The van der Waals surface area contributed by atoms with E-state index in [1.807, 2.05) is 60.7 Å². The Labute approximate surface area is 172 Å². The predicted molar refractivity (Wildman–Crippen MR) is 114 cm³/mol. The fourth-order valence-electron chi connectivity index (χ4n) is 3.45. The van der Waals surface area contributed by atoms with Crippen LogP contribution in [0.1, 0.15) is 30.6 Å². The van der Waals surface area contributed by atoms with Crippen LogP contribution in [0.5, 0.6) is 5.75 Å². The zero-order valence-corrected chi connectivity index (χ0v) is 17.1. The average molecular weight is 409 g/mol. The van der Waals surface area contributed by atoms with Crippen molar-refractivity contribution in [1.82, 2.24) is 4.31 Å². The highest BCUT2D eigenvalue weighted by Gasteiger charge is 2.38. The Morgan fingerprint density at radius 1 is 0.931 bits per heavy atom. The molecule has 5 nitrogen and oxygen atoms in total. The van der Waals surface area contributed by atoms with Crippen LogP contribution >= 0.6 is 0 Å². The van der Waals surface area contributed by atoms with E-state index >= 15 is 0 Å². The Bertz CT molecular complexity index is 1070. The highest BCUT2D eigenvalue weighted by Crippen LogP contribution is 2.39. The van der Waals surface area contributed by atoms with E-state index < -0.39 is 16.2 Å². The van der Waals surface area contributed by atoms with Gasteiger partial charge in [-0.05, 0) is 41.8 Å². The normalized spacial score (nSPS) is 17.9. The second kappa shape index (κ2) is 8.27. The highest BCUT2D eigenvalue weighted by molar-refractivity contribution is 7.89. The van der Waals surface area contributed by atoms with Crippen LogP contribution in [-0.4, -0.2) is 19.3 Å². The maximum Gasteiger partial charge on any atom is 0.247 e. The second-order valence-electron chi connectivity index (χ2n) is 7.00. The van der Waals surface area contributed by atoms with Crippen molar-refractivity contribution in [3.8, 4) is 5.75 Å². The van der Waals surface area contributed by atoms with Crippen molar-refractivity contribution in [3.05, 3.63) is 90.0 Å². The molecule has 1 heterocycles. The zero-order valence-electron chi connectivity index (χ0n) is 16.3. The van der Waals surface area contributed by atoms with Crippen molar-refractivity contribution < 1.29 is 13.2 Å². The molecule has 0 unspecified atom stereocenters. The molecule has 6 heteroatoms. The van der Waals surface area contributed by atoms with E-state index in [-0.39, 0.29) is 6.54 Å². The maximum absolute atomic E-state index is 13.5. The summed E-state index contributed by atoms with van der Waals surface area (Å²) in [6, 6.07) is 24.3. The molecule has 0 aliphatic carbocycles. The second-order valence-corrected chi connectivity index (χ2v) is 8.86. The smallest absolute Gasteiger partial charge is 0.247 e. The van der Waals surface area contributed by atoms with Gasteiger partial charge in [-0.3, -0.25) is 0 Å². The highest BCUT2D eigenvalue weighted by atomic mass is 32.2. The molecule has 29 heavy (non-hydrogen) atoms. The van der Waals surface area contributed by atoms with Gasteiger partial charge >= 0.3 is 0 Å². The molecular formula is C23H24N2O3S. The summed E-state index contributed by atoms with van der Waals surface area (Å²) in [7, 11) is -3.66. The van der Waals surface area contributed by atoms with Crippen LogP contribution in [0.15, 0.2) is 83.8 Å². The van der Waals surface area contributed by atoms with Crippen molar-refractivity contribution in [3.63, 3.8) is 0 Å². The maximum atomic E-state index is 13.5. The van der Waals surface area contributed by atoms with Gasteiger partial charge in [-0.25, -0.2) is 8.42 Å². The SMILES string of the molecule is CCCOc1ccc([C@H]2Nc3ccccc3S(=O)(=O)N2Cc2ccccc2)cc1. The van der Waals surface area contributed by atoms with Crippen molar-refractivity contribution in [2.24, 2.45) is 0 Å². The summed E-state index contributed by atoms with van der Waals surface area (Å²) in [5.74, 6) is 0.782. The Morgan fingerprint density at radius 3 is 2.34 bits per heavy atom. The number of anilines is 1. The molecule has 0 bridgehead atoms. The van der Waals surface area contributed by atoms with E-state index in [1.54, 1.807) is 18.2 Å². The van der Waals surface area contributed by atoms with Gasteiger partial charge in [-0.2, -0.15) is 4.31 Å². The molecule has 3 aromatic carbocycles. The predicted octanol–water partition coefficient (Wildman–Crippen LogP) is 4.79. The van der Waals surface area contributed by atoms with E-state index in [4.69, 9.17) is 4.74 Å². The summed E-state index contributed by atoms with van der Waals surface area (Å²) in [5.41, 5.74) is 2.42. The lowest BCUT2D eigenvalue weighted by Gasteiger charge is -2.37. The summed E-state index contributed by atoms with van der Waals surface area (Å²) in [6.45, 7) is 3.00. The molecule has 1 atom stereocenters. The molecule has 3 aromatic rings. The first-order chi connectivity index (χ1) is 14.1. The van der Waals surface area contributed by atoms with Crippen molar-refractivity contribution >= 4 is 15.7 Å². The number of benzene rings is 3. The molecule has 0 saturated carbocycles. The fourth-order valence-corrected chi connectivity index (χ4v) is 5.13. The summed E-state index contributed by atoms with van der Waals surface area (Å²) in [6.07, 6.45) is 0.432. The van der Waals surface area contributed by atoms with Crippen molar-refractivity contribution in [2.45, 2.75) is 31.0 Å². The van der Waals surface area contributed by atoms with Crippen LogP contribution in [-0.2, 0) is 16.6 Å². The first-order valence-electron chi connectivity index (χ1n) is 9.73. The number of nitrogens with one attached hydrogen (secondary N) is 1. The number of sulfonamides is 1. The van der Waals surface area contributed by atoms with Crippen LogP contribution in [0.2, 0.25) is 0 Å². The number of ether oxygens (including phenoxy) is 1. The van der Waals surface area contributed by atoms with E-state index in [0.717, 1.165) is 23.3 Å². The van der Waals surface area contributed by atoms with Gasteiger partial charge in [0.1, 0.15) is 16.8 Å². The molecule has 0 aromatic heterocycles. The average Bonchev–Trinajstić information content (AvgIpc) is 2.75. The molecule has 0 saturated heterocycles. The van der Waals surface area contributed by atoms with E-state index in [9.17, 15) is 8.42 Å². The lowest BCUT2D eigenvalue weighted by Crippen LogP contribution is -2.42. The minimum absolute atomic E-state index is 0.281. The Morgan fingerprint density at radius 2 is 1.62 bits per heavy atom. The third-order valence-electron chi connectivity index (χ3n) is 4.90. The van der Waals surface area contributed by atoms with Gasteiger partial charge in [-0.1, -0.05) is 61.5 Å². The molecule has 4 rings (SSSR count). The van der Waals surface area contributed by atoms with Crippen LogP contribution in [0.3, 0.4) is 0 Å². The molecule has 1 aliphatic heterocycles. The molecule has 0 spiro atoms. The molecular weight excluding hydrogens is 384 g/mol. The lowest BCUT2D eigenvalue weighted by molar-refractivity contribution is 0.316. The van der Waals surface area contributed by atoms with Gasteiger partial charge < -0.3 is 10.1 Å². The van der Waals surface area contributed by atoms with Crippen LogP contribution in [0.25, 0.3) is 0 Å². The van der Waals surface area contributed by atoms with Gasteiger partial charge in [0, 0.05) is 6.54 Å². The van der Waals surface area contributed by atoms with Crippen LogP contribution in [0.4, 0.5) is 5.69 Å². The van der Waals surface area contributed by atoms with Crippen LogP contribution < -0.4 is 10.1 Å². The van der Waals surface area contributed by atoms with E-state index in [2.05, 4.69) is 12.2 Å². The molecule has 0 amide bonds. The van der Waals surface area contributed by atoms with Crippen molar-refractivity contribution in [1.29, 1.82) is 0 Å². The minimum atomic E-state index is -3.66. The molecule has 0 radical (unpaired) electrons. The standard InChI is InChI=1S/C23H24N2O3S/c1-2-16-28-20-14-12-19(13-15-20)23-24-21-10-6-7-11-22(21)29(26,27)25(23)17-18-8-4-3-5-9-18/h3-15,23-24H,2,16-17H2,1H3/t23-/m0/s1. The zero-order chi connectivity index (χ0) is 20.3. The van der Waals surface area contributed by atoms with Crippen molar-refractivity contribution in [2.75, 3.05) is 11.9 Å². The van der Waals surface area contributed by atoms with E-state index in [0.29, 0.717) is 17.2 Å².